The van der Waals surface area contributed by atoms with Crippen molar-refractivity contribution in [3.63, 3.8) is 0 Å². The van der Waals surface area contributed by atoms with Crippen LogP contribution in [0.4, 0.5) is 0 Å². The van der Waals surface area contributed by atoms with Crippen molar-refractivity contribution in [3.8, 4) is 0 Å². The average Bonchev–Trinajstić information content (AvgIpc) is 3.15. The molecule has 0 aliphatic carbocycles. The number of aromatic nitrogens is 3. The molecular formula is C21H24N4O. The molecule has 3 heterocycles. The van der Waals surface area contributed by atoms with Gasteiger partial charge < -0.3 is 9.30 Å². The van der Waals surface area contributed by atoms with Crippen molar-refractivity contribution in [2.45, 2.75) is 25.6 Å². The molecule has 1 aliphatic heterocycles. The first-order chi connectivity index (χ1) is 12.8. The molecule has 0 spiro atoms. The van der Waals surface area contributed by atoms with E-state index in [1.54, 1.807) is 7.11 Å². The van der Waals surface area contributed by atoms with Crippen LogP contribution in [0.5, 0.6) is 0 Å². The van der Waals surface area contributed by atoms with E-state index in [0.717, 1.165) is 32.0 Å². The Morgan fingerprint density at radius 1 is 1.15 bits per heavy atom. The van der Waals surface area contributed by atoms with Crippen LogP contribution in [-0.4, -0.2) is 39.7 Å². The van der Waals surface area contributed by atoms with Crippen LogP contribution in [0, 0.1) is 0 Å². The summed E-state index contributed by atoms with van der Waals surface area (Å²) in [4.78, 5) is 11.4. The molecule has 0 saturated heterocycles. The van der Waals surface area contributed by atoms with Crippen molar-refractivity contribution in [2.24, 2.45) is 0 Å². The van der Waals surface area contributed by atoms with Gasteiger partial charge in [-0.05, 0) is 22.8 Å². The summed E-state index contributed by atoms with van der Waals surface area (Å²) in [6, 6.07) is 12.9. The van der Waals surface area contributed by atoms with Gasteiger partial charge in [0.15, 0.2) is 0 Å². The second-order valence-corrected chi connectivity index (χ2v) is 6.75. The lowest BCUT2D eigenvalue weighted by atomic mass is 9.88. The second-order valence-electron chi connectivity index (χ2n) is 6.75. The van der Waals surface area contributed by atoms with Crippen LogP contribution in [0.1, 0.15) is 28.4 Å². The highest BCUT2D eigenvalue weighted by Gasteiger charge is 2.29. The molecule has 2 aromatic heterocycles. The molecule has 0 N–H and O–H groups in total. The van der Waals surface area contributed by atoms with Gasteiger partial charge in [-0.25, -0.2) is 4.98 Å². The van der Waals surface area contributed by atoms with Gasteiger partial charge in [0.05, 0.1) is 12.5 Å². The summed E-state index contributed by atoms with van der Waals surface area (Å²) in [6.45, 7) is 4.33. The van der Waals surface area contributed by atoms with E-state index in [9.17, 15) is 0 Å². The molecule has 0 bridgehead atoms. The van der Waals surface area contributed by atoms with Crippen molar-refractivity contribution in [1.82, 2.24) is 19.4 Å². The van der Waals surface area contributed by atoms with Crippen LogP contribution in [0.2, 0.25) is 0 Å². The molecule has 1 aromatic carbocycles. The number of hydrogen-bond donors (Lipinski definition) is 0. The van der Waals surface area contributed by atoms with E-state index < -0.39 is 0 Å². The minimum absolute atomic E-state index is 0.267. The third-order valence-corrected chi connectivity index (χ3v) is 4.99. The molecular weight excluding hydrogens is 324 g/mol. The molecule has 0 amide bonds. The molecule has 26 heavy (non-hydrogen) atoms. The van der Waals surface area contributed by atoms with Crippen molar-refractivity contribution in [3.05, 3.63) is 83.7 Å². The first kappa shape index (κ1) is 16.9. The maximum absolute atomic E-state index is 5.26. The van der Waals surface area contributed by atoms with Crippen LogP contribution in [-0.2, 0) is 24.4 Å². The lowest BCUT2D eigenvalue weighted by Gasteiger charge is -2.34. The van der Waals surface area contributed by atoms with E-state index in [4.69, 9.17) is 9.72 Å². The van der Waals surface area contributed by atoms with Gasteiger partial charge in [0.25, 0.3) is 0 Å². The number of fused-ring (bicyclic) bond motifs is 1. The molecule has 134 valence electrons. The SMILES string of the molecule is COCCn1ccnc1[C@H]1CN(Cc2cccnc2)Cc2ccccc21. The molecule has 0 saturated carbocycles. The van der Waals surface area contributed by atoms with E-state index in [1.165, 1.54) is 16.7 Å². The Balaban J connectivity index is 1.64. The lowest BCUT2D eigenvalue weighted by molar-refractivity contribution is 0.184. The first-order valence-electron chi connectivity index (χ1n) is 9.04. The zero-order chi connectivity index (χ0) is 17.8. The average molecular weight is 348 g/mol. The maximum atomic E-state index is 5.26. The van der Waals surface area contributed by atoms with Crippen LogP contribution >= 0.6 is 0 Å². The summed E-state index contributed by atoms with van der Waals surface area (Å²) >= 11 is 0. The summed E-state index contributed by atoms with van der Waals surface area (Å²) < 4.78 is 7.48. The van der Waals surface area contributed by atoms with Gasteiger partial charge in [0, 0.05) is 58.1 Å². The third-order valence-electron chi connectivity index (χ3n) is 4.99. The number of nitrogens with zero attached hydrogens (tertiary/aromatic N) is 4. The zero-order valence-corrected chi connectivity index (χ0v) is 15.1. The monoisotopic (exact) mass is 348 g/mol. The number of pyridine rings is 1. The highest BCUT2D eigenvalue weighted by atomic mass is 16.5. The van der Waals surface area contributed by atoms with Gasteiger partial charge in [-0.15, -0.1) is 0 Å². The van der Waals surface area contributed by atoms with Gasteiger partial charge in [0.1, 0.15) is 5.82 Å². The number of rotatable bonds is 6. The summed E-state index contributed by atoms with van der Waals surface area (Å²) in [6.07, 6.45) is 7.73. The normalized spacial score (nSPS) is 17.2. The molecule has 4 rings (SSSR count). The highest BCUT2D eigenvalue weighted by Crippen LogP contribution is 2.33. The minimum atomic E-state index is 0.267. The van der Waals surface area contributed by atoms with Crippen LogP contribution in [0.3, 0.4) is 0 Å². The maximum Gasteiger partial charge on any atom is 0.117 e. The Morgan fingerprint density at radius 2 is 2.08 bits per heavy atom. The number of benzene rings is 1. The van der Waals surface area contributed by atoms with Gasteiger partial charge in [-0.2, -0.15) is 0 Å². The largest absolute Gasteiger partial charge is 0.383 e. The quantitative estimate of drug-likeness (QED) is 0.687. The Hall–Kier alpha value is -2.50. The Morgan fingerprint density at radius 3 is 2.92 bits per heavy atom. The zero-order valence-electron chi connectivity index (χ0n) is 15.1. The standard InChI is InChI=1S/C21H24N4O/c1-26-12-11-25-10-9-23-21(25)20-16-24(14-17-5-4-8-22-13-17)15-18-6-2-3-7-19(18)20/h2-10,13,20H,11-12,14-16H2,1H3/t20-/m0/s1. The van der Waals surface area contributed by atoms with Gasteiger partial charge in [-0.3, -0.25) is 9.88 Å². The fourth-order valence-electron chi connectivity index (χ4n) is 3.78. The van der Waals surface area contributed by atoms with E-state index in [1.807, 2.05) is 24.7 Å². The fraction of sp³-hybridized carbons (Fsp3) is 0.333. The number of imidazole rings is 1. The molecule has 0 unspecified atom stereocenters. The number of hydrogen-bond acceptors (Lipinski definition) is 4. The van der Waals surface area contributed by atoms with E-state index >= 15 is 0 Å². The van der Waals surface area contributed by atoms with Crippen molar-refractivity contribution < 1.29 is 4.74 Å². The van der Waals surface area contributed by atoms with E-state index in [2.05, 4.69) is 51.0 Å². The predicted octanol–water partition coefficient (Wildman–Crippen LogP) is 3.07. The lowest BCUT2D eigenvalue weighted by Crippen LogP contribution is -2.35. The van der Waals surface area contributed by atoms with Crippen LogP contribution in [0.15, 0.2) is 61.2 Å². The summed E-state index contributed by atoms with van der Waals surface area (Å²) in [5, 5.41) is 0. The van der Waals surface area contributed by atoms with E-state index in [0.29, 0.717) is 6.61 Å². The molecule has 3 aromatic rings. The van der Waals surface area contributed by atoms with Crippen molar-refractivity contribution in [2.75, 3.05) is 20.3 Å². The Kier molecular flexibility index (Phi) is 5.09. The fourth-order valence-corrected chi connectivity index (χ4v) is 3.78. The molecule has 1 atom stereocenters. The third kappa shape index (κ3) is 3.54. The predicted molar refractivity (Wildman–Crippen MR) is 101 cm³/mol. The Bertz CT molecular complexity index is 846. The molecule has 0 fully saturated rings. The van der Waals surface area contributed by atoms with Gasteiger partial charge in [-0.1, -0.05) is 30.3 Å². The van der Waals surface area contributed by atoms with Crippen molar-refractivity contribution in [1.29, 1.82) is 0 Å². The Labute approximate surface area is 154 Å². The highest BCUT2D eigenvalue weighted by molar-refractivity contribution is 5.37. The first-order valence-corrected chi connectivity index (χ1v) is 9.04. The molecule has 0 radical (unpaired) electrons. The molecule has 1 aliphatic rings. The topological polar surface area (TPSA) is 43.2 Å². The number of methoxy groups -OCH3 is 1. The smallest absolute Gasteiger partial charge is 0.117 e. The van der Waals surface area contributed by atoms with Crippen LogP contribution in [0.25, 0.3) is 0 Å². The molecule has 5 nitrogen and oxygen atoms in total. The summed E-state index contributed by atoms with van der Waals surface area (Å²) in [5.74, 6) is 1.38. The second kappa shape index (κ2) is 7.81. The van der Waals surface area contributed by atoms with Gasteiger partial charge in [0.2, 0.25) is 0 Å². The van der Waals surface area contributed by atoms with Crippen LogP contribution < -0.4 is 0 Å². The summed E-state index contributed by atoms with van der Waals surface area (Å²) in [7, 11) is 1.74. The summed E-state index contributed by atoms with van der Waals surface area (Å²) in [5.41, 5.74) is 4.02. The van der Waals surface area contributed by atoms with Gasteiger partial charge >= 0.3 is 0 Å². The van der Waals surface area contributed by atoms with E-state index in [-0.39, 0.29) is 5.92 Å². The van der Waals surface area contributed by atoms with Crippen molar-refractivity contribution >= 4 is 0 Å². The minimum Gasteiger partial charge on any atom is -0.383 e. The number of ether oxygens (including phenoxy) is 1. The molecule has 5 heteroatoms.